The highest BCUT2D eigenvalue weighted by Crippen LogP contribution is 2.44. The molecule has 69 heavy (non-hydrogen) atoms. The maximum atomic E-state index is 15.6. The number of carboxylic acid groups (broad SMARTS) is 1. The van der Waals surface area contributed by atoms with Crippen molar-refractivity contribution in [1.29, 1.82) is 0 Å². The quantitative estimate of drug-likeness (QED) is 0.0560. The van der Waals surface area contributed by atoms with E-state index in [0.717, 1.165) is 17.2 Å². The number of amides is 8. The number of fused-ring (bicyclic) bond motifs is 1. The molecule has 1 aliphatic carbocycles. The van der Waals surface area contributed by atoms with Crippen molar-refractivity contribution in [2.75, 3.05) is 36.4 Å². The standard InChI is InChI=1S/C46H54ClF2N9O11/c1-24(2)38(55-34(59)8-4-3-5-17-57-35(60)13-14-36(57)61)43(64)54-32(7-6-16-51-45(50)67)42(63)52-26-11-9-25(10-12-26)23-69-46(68)53-27-15-18-56(21-27)40-31(49)19-28-39(37(40)47)58(33-20-30(33)48)22-29(41(28)62)44(65)66/h9-14,19,22,24,27,30,32-33,38H,3-8,15-18,20-21,23H2,1-2H3,(H,52,63)(H,53,68)(H,54,64)(H,55,59)(H,65,66)(H3,50,51,67)/t27?,30-,32-,33-,38-/m0/s1. The molecule has 2 fully saturated rings. The number of alkyl carbamates (subject to hydrolysis) is 1. The zero-order valence-corrected chi connectivity index (χ0v) is 38.6. The number of carbonyl (C=O) groups excluding carboxylic acids is 7. The molecule has 3 aromatic rings. The topological polar surface area (TPSA) is 281 Å². The summed E-state index contributed by atoms with van der Waals surface area (Å²) in [4.78, 5) is 115. The van der Waals surface area contributed by atoms with Crippen LogP contribution >= 0.6 is 11.6 Å². The molecule has 8 N–H and O–H groups in total. The average Bonchev–Trinajstić information content (AvgIpc) is 3.70. The van der Waals surface area contributed by atoms with E-state index in [1.165, 1.54) is 16.7 Å². The number of ether oxygens (including phenoxy) is 1. The van der Waals surface area contributed by atoms with Gasteiger partial charge in [-0.3, -0.25) is 33.7 Å². The number of hydrogen-bond acceptors (Lipinski definition) is 11. The molecule has 0 radical (unpaired) electrons. The van der Waals surface area contributed by atoms with E-state index in [1.54, 1.807) is 43.0 Å². The summed E-state index contributed by atoms with van der Waals surface area (Å²) in [6.45, 7) is 4.01. The van der Waals surface area contributed by atoms with Gasteiger partial charge in [-0.25, -0.2) is 23.2 Å². The molecular formula is C46H54ClF2N9O11. The van der Waals surface area contributed by atoms with Crippen LogP contribution in [0.5, 0.6) is 0 Å². The third kappa shape index (κ3) is 13.1. The van der Waals surface area contributed by atoms with E-state index in [4.69, 9.17) is 22.1 Å². The third-order valence-corrected chi connectivity index (χ3v) is 12.3. The number of unbranched alkanes of at least 4 members (excludes halogenated alkanes) is 2. The van der Waals surface area contributed by atoms with Crippen molar-refractivity contribution in [3.8, 4) is 0 Å². The summed E-state index contributed by atoms with van der Waals surface area (Å²) >= 11 is 6.70. The van der Waals surface area contributed by atoms with Crippen LogP contribution in [0.15, 0.2) is 53.5 Å². The molecule has 23 heteroatoms. The van der Waals surface area contributed by atoms with Crippen molar-refractivity contribution in [1.82, 2.24) is 30.7 Å². The SMILES string of the molecule is CC(C)[C@H](NC(=O)CCCCCN1C(=O)C=CC1=O)C(=O)N[C@@H](CCCNC(N)=O)C(=O)Nc1ccc(COC(=O)NC2CCN(c3c(F)cc4c(=O)c(C(=O)O)cn([C@H]5C[C@@H]5F)c4c3Cl)C2)cc1. The van der Waals surface area contributed by atoms with Gasteiger partial charge in [0.1, 0.15) is 36.2 Å². The lowest BCUT2D eigenvalue weighted by Gasteiger charge is -2.25. The predicted octanol–water partition coefficient (Wildman–Crippen LogP) is 3.78. The van der Waals surface area contributed by atoms with Gasteiger partial charge in [-0.05, 0) is 61.8 Å². The largest absolute Gasteiger partial charge is 0.477 e. The van der Waals surface area contributed by atoms with Gasteiger partial charge in [0.25, 0.3) is 11.8 Å². The second-order valence-corrected chi connectivity index (χ2v) is 17.8. The van der Waals surface area contributed by atoms with E-state index in [-0.39, 0.29) is 104 Å². The highest BCUT2D eigenvalue weighted by atomic mass is 35.5. The lowest BCUT2D eigenvalue weighted by molar-refractivity contribution is -0.137. The number of aromatic carboxylic acids is 1. The highest BCUT2D eigenvalue weighted by Gasteiger charge is 2.41. The highest BCUT2D eigenvalue weighted by molar-refractivity contribution is 6.38. The minimum Gasteiger partial charge on any atom is -0.477 e. The van der Waals surface area contributed by atoms with Gasteiger partial charge in [0.15, 0.2) is 0 Å². The molecule has 370 valence electrons. The van der Waals surface area contributed by atoms with E-state index in [2.05, 4.69) is 26.6 Å². The van der Waals surface area contributed by atoms with E-state index >= 15 is 4.39 Å². The summed E-state index contributed by atoms with van der Waals surface area (Å²) in [7, 11) is 0. The Morgan fingerprint density at radius 3 is 2.30 bits per heavy atom. The molecule has 8 amide bonds. The number of hydrogen-bond donors (Lipinski definition) is 7. The fourth-order valence-corrected chi connectivity index (χ4v) is 8.55. The Balaban J connectivity index is 0.992. The summed E-state index contributed by atoms with van der Waals surface area (Å²) in [6.07, 6.45) is 3.79. The van der Waals surface area contributed by atoms with Crippen LogP contribution in [0, 0.1) is 11.7 Å². The molecule has 3 heterocycles. The molecule has 0 bridgehead atoms. The minimum absolute atomic E-state index is 0.0161. The smallest absolute Gasteiger partial charge is 0.407 e. The van der Waals surface area contributed by atoms with Gasteiger partial charge < -0.3 is 51.6 Å². The Bertz CT molecular complexity index is 2570. The van der Waals surface area contributed by atoms with E-state index in [0.29, 0.717) is 36.9 Å². The number of carbonyl (C=O) groups is 8. The maximum absolute atomic E-state index is 15.6. The van der Waals surface area contributed by atoms with E-state index in [9.17, 15) is 52.6 Å². The van der Waals surface area contributed by atoms with Crippen molar-refractivity contribution < 1.29 is 57.0 Å². The first-order valence-corrected chi connectivity index (χ1v) is 22.9. The number of alkyl halides is 1. The Labute approximate surface area is 399 Å². The van der Waals surface area contributed by atoms with Crippen molar-refractivity contribution in [3.05, 3.63) is 80.9 Å². The van der Waals surface area contributed by atoms with Crippen LogP contribution in [-0.2, 0) is 35.3 Å². The molecule has 1 saturated heterocycles. The molecule has 2 aliphatic heterocycles. The van der Waals surface area contributed by atoms with Gasteiger partial charge in [0.05, 0.1) is 33.7 Å². The second-order valence-electron chi connectivity index (χ2n) is 17.4. The Morgan fingerprint density at radius 1 is 0.971 bits per heavy atom. The number of anilines is 2. The first kappa shape index (κ1) is 51.3. The molecule has 1 unspecified atom stereocenters. The monoisotopic (exact) mass is 981 g/mol. The lowest BCUT2D eigenvalue weighted by atomic mass is 10.0. The number of pyridine rings is 1. The van der Waals surface area contributed by atoms with Crippen molar-refractivity contribution >= 4 is 81.5 Å². The summed E-state index contributed by atoms with van der Waals surface area (Å²) in [6, 6.07) is 3.12. The molecule has 6 rings (SSSR count). The molecular weight excluding hydrogens is 928 g/mol. The summed E-state index contributed by atoms with van der Waals surface area (Å²) in [5.41, 5.74) is 4.43. The van der Waals surface area contributed by atoms with Gasteiger partial charge in [-0.1, -0.05) is 44.0 Å². The predicted molar refractivity (Wildman–Crippen MR) is 248 cm³/mol. The minimum atomic E-state index is -1.54. The molecule has 1 saturated carbocycles. The van der Waals surface area contributed by atoms with Crippen LogP contribution in [0.2, 0.25) is 5.02 Å². The van der Waals surface area contributed by atoms with Gasteiger partial charge in [-0.2, -0.15) is 0 Å². The number of nitrogens with zero attached hydrogens (tertiary/aromatic N) is 3. The summed E-state index contributed by atoms with van der Waals surface area (Å²) in [5.74, 6) is -5.11. The summed E-state index contributed by atoms with van der Waals surface area (Å²) in [5, 5.41) is 22.5. The number of rotatable bonds is 22. The Kier molecular flexibility index (Phi) is 16.9. The number of halogens is 3. The number of imide groups is 1. The van der Waals surface area contributed by atoms with Gasteiger partial charge in [0, 0.05) is 63.1 Å². The first-order chi connectivity index (χ1) is 32.8. The van der Waals surface area contributed by atoms with Gasteiger partial charge >= 0.3 is 18.1 Å². The molecule has 5 atom stereocenters. The zero-order valence-electron chi connectivity index (χ0n) is 37.9. The average molecular weight is 982 g/mol. The first-order valence-electron chi connectivity index (χ1n) is 22.5. The fourth-order valence-electron chi connectivity index (χ4n) is 8.14. The third-order valence-electron chi connectivity index (χ3n) is 11.9. The van der Waals surface area contributed by atoms with Crippen molar-refractivity contribution in [3.63, 3.8) is 0 Å². The fraction of sp³-hybridized carbons (Fsp3) is 0.457. The molecule has 2 aromatic carbocycles. The zero-order chi connectivity index (χ0) is 50.1. The van der Waals surface area contributed by atoms with Crippen molar-refractivity contribution in [2.24, 2.45) is 11.7 Å². The number of primary amides is 1. The van der Waals surface area contributed by atoms with Crippen LogP contribution < -0.4 is 42.6 Å². The number of nitrogens with one attached hydrogen (secondary N) is 5. The number of carboxylic acids is 1. The number of benzene rings is 2. The maximum Gasteiger partial charge on any atom is 0.407 e. The van der Waals surface area contributed by atoms with E-state index in [1.807, 2.05) is 0 Å². The second kappa shape index (κ2) is 22.8. The number of urea groups is 1. The van der Waals surface area contributed by atoms with E-state index < -0.39 is 77.1 Å². The summed E-state index contributed by atoms with van der Waals surface area (Å²) < 4.78 is 36.6. The Morgan fingerprint density at radius 2 is 1.67 bits per heavy atom. The molecule has 20 nitrogen and oxygen atoms in total. The normalized spacial score (nSPS) is 18.3. The molecule has 0 spiro atoms. The molecule has 1 aromatic heterocycles. The van der Waals surface area contributed by atoms with Gasteiger partial charge in [0.2, 0.25) is 23.2 Å². The lowest BCUT2D eigenvalue weighted by Crippen LogP contribution is -2.54. The van der Waals surface area contributed by atoms with Crippen LogP contribution in [0.1, 0.15) is 87.2 Å². The van der Waals surface area contributed by atoms with Crippen LogP contribution in [0.4, 0.5) is 29.7 Å². The molecule has 3 aliphatic rings. The van der Waals surface area contributed by atoms with Crippen LogP contribution in [0.25, 0.3) is 10.9 Å². The number of nitrogens with two attached hydrogens (primary N) is 1. The Hall–Kier alpha value is -7.10. The van der Waals surface area contributed by atoms with Crippen LogP contribution in [-0.4, -0.2) is 113 Å². The van der Waals surface area contributed by atoms with Crippen LogP contribution in [0.3, 0.4) is 0 Å². The van der Waals surface area contributed by atoms with Crippen molar-refractivity contribution in [2.45, 2.75) is 102 Å². The number of aromatic nitrogens is 1. The van der Waals surface area contributed by atoms with Gasteiger partial charge in [-0.15, -0.1) is 0 Å².